The fourth-order valence-corrected chi connectivity index (χ4v) is 2.10. The van der Waals surface area contributed by atoms with Gasteiger partial charge in [0.25, 0.3) is 0 Å². The van der Waals surface area contributed by atoms with Gasteiger partial charge in [0.2, 0.25) is 0 Å². The van der Waals surface area contributed by atoms with Crippen LogP contribution in [0, 0.1) is 5.92 Å². The normalized spacial score (nSPS) is 14.0. The van der Waals surface area contributed by atoms with Gasteiger partial charge in [0.15, 0.2) is 0 Å². The van der Waals surface area contributed by atoms with Crippen molar-refractivity contribution in [2.75, 3.05) is 0 Å². The van der Waals surface area contributed by atoms with Crippen molar-refractivity contribution in [1.82, 2.24) is 0 Å². The summed E-state index contributed by atoms with van der Waals surface area (Å²) in [5.74, 6) is -1.03. The van der Waals surface area contributed by atoms with Gasteiger partial charge in [-0.3, -0.25) is 14.8 Å². The summed E-state index contributed by atoms with van der Waals surface area (Å²) in [6.45, 7) is 3.69. The number of carbonyl (C=O) groups is 1. The van der Waals surface area contributed by atoms with E-state index in [1.54, 1.807) is 25.5 Å². The first-order valence-corrected chi connectivity index (χ1v) is 8.71. The van der Waals surface area contributed by atoms with E-state index in [4.69, 9.17) is 16.7 Å². The standard InChI is InChI=1S/C20H25ClN2O2/c1-16(20(24)25)7-6-8-17(2)23-14-5-3-4-13-22-15-18-9-11-19(21)12-10-18/h4-5,9-16H,3,6-8H2,1-2H3,(H,24,25)/b13-4+,14-5+,22-15?,23-17?. The fraction of sp³-hybridized carbons (Fsp3) is 0.350. The van der Waals surface area contributed by atoms with Crippen molar-refractivity contribution in [3.8, 4) is 0 Å². The third-order valence-corrected chi connectivity index (χ3v) is 3.81. The van der Waals surface area contributed by atoms with Gasteiger partial charge >= 0.3 is 5.97 Å². The second-order valence-corrected chi connectivity index (χ2v) is 6.27. The van der Waals surface area contributed by atoms with Crippen LogP contribution in [0.15, 0.2) is 58.8 Å². The summed E-state index contributed by atoms with van der Waals surface area (Å²) in [7, 11) is 0. The maximum Gasteiger partial charge on any atom is 0.306 e. The number of aliphatic imine (C=N–C) groups is 2. The molecule has 0 heterocycles. The van der Waals surface area contributed by atoms with E-state index in [9.17, 15) is 4.79 Å². The summed E-state index contributed by atoms with van der Waals surface area (Å²) >= 11 is 5.82. The molecule has 1 atom stereocenters. The predicted molar refractivity (Wildman–Crippen MR) is 106 cm³/mol. The number of rotatable bonds is 10. The Hall–Kier alpha value is -2.20. The summed E-state index contributed by atoms with van der Waals surface area (Å²) in [6, 6.07) is 7.48. The molecule has 0 spiro atoms. The van der Waals surface area contributed by atoms with E-state index in [0.717, 1.165) is 30.5 Å². The van der Waals surface area contributed by atoms with Gasteiger partial charge < -0.3 is 5.11 Å². The van der Waals surface area contributed by atoms with E-state index in [1.165, 1.54) is 0 Å². The molecule has 5 heteroatoms. The Labute approximate surface area is 154 Å². The fourth-order valence-electron chi connectivity index (χ4n) is 1.97. The predicted octanol–water partition coefficient (Wildman–Crippen LogP) is 5.53. The van der Waals surface area contributed by atoms with E-state index >= 15 is 0 Å². The van der Waals surface area contributed by atoms with Gasteiger partial charge in [0.1, 0.15) is 0 Å². The Morgan fingerprint density at radius 2 is 1.92 bits per heavy atom. The molecule has 0 bridgehead atoms. The average molecular weight is 361 g/mol. The summed E-state index contributed by atoms with van der Waals surface area (Å²) in [6.07, 6.45) is 12.3. The summed E-state index contributed by atoms with van der Waals surface area (Å²) in [5, 5.41) is 9.53. The molecule has 1 aromatic rings. The zero-order valence-corrected chi connectivity index (χ0v) is 15.5. The largest absolute Gasteiger partial charge is 0.481 e. The number of carboxylic acids is 1. The Balaban J connectivity index is 2.23. The van der Waals surface area contributed by atoms with Gasteiger partial charge in [-0.05, 0) is 50.3 Å². The number of nitrogens with zero attached hydrogens (tertiary/aromatic N) is 2. The lowest BCUT2D eigenvalue weighted by Gasteiger charge is -2.04. The minimum absolute atomic E-state index is 0.290. The highest BCUT2D eigenvalue weighted by atomic mass is 35.5. The molecule has 0 radical (unpaired) electrons. The first-order chi connectivity index (χ1) is 12.0. The van der Waals surface area contributed by atoms with E-state index in [2.05, 4.69) is 9.98 Å². The lowest BCUT2D eigenvalue weighted by atomic mass is 10.0. The van der Waals surface area contributed by atoms with Gasteiger partial charge in [-0.1, -0.05) is 42.8 Å². The summed E-state index contributed by atoms with van der Waals surface area (Å²) < 4.78 is 0. The molecule has 0 saturated carbocycles. The molecule has 1 N–H and O–H groups in total. The van der Waals surface area contributed by atoms with Gasteiger partial charge in [-0.2, -0.15) is 0 Å². The Kier molecular flexibility index (Phi) is 10.2. The van der Waals surface area contributed by atoms with Crippen LogP contribution in [-0.2, 0) is 4.79 Å². The second kappa shape index (κ2) is 12.2. The molecule has 0 saturated heterocycles. The van der Waals surface area contributed by atoms with Crippen molar-refractivity contribution < 1.29 is 9.90 Å². The van der Waals surface area contributed by atoms with Crippen molar-refractivity contribution in [3.63, 3.8) is 0 Å². The molecule has 4 nitrogen and oxygen atoms in total. The van der Waals surface area contributed by atoms with Crippen LogP contribution in [-0.4, -0.2) is 23.0 Å². The number of carboxylic acid groups (broad SMARTS) is 1. The highest BCUT2D eigenvalue weighted by molar-refractivity contribution is 6.30. The third-order valence-electron chi connectivity index (χ3n) is 3.55. The van der Waals surface area contributed by atoms with Crippen molar-refractivity contribution in [2.45, 2.75) is 39.5 Å². The molecule has 1 rings (SSSR count). The van der Waals surface area contributed by atoms with Crippen molar-refractivity contribution in [1.29, 1.82) is 0 Å². The topological polar surface area (TPSA) is 62.0 Å². The van der Waals surface area contributed by atoms with Crippen LogP contribution in [0.5, 0.6) is 0 Å². The molecule has 0 amide bonds. The molecule has 0 aliphatic heterocycles. The van der Waals surface area contributed by atoms with Gasteiger partial charge in [0, 0.05) is 29.3 Å². The monoisotopic (exact) mass is 360 g/mol. The summed E-state index contributed by atoms with van der Waals surface area (Å²) in [4.78, 5) is 19.3. The molecular formula is C20H25ClN2O2. The smallest absolute Gasteiger partial charge is 0.306 e. The van der Waals surface area contributed by atoms with E-state index < -0.39 is 5.97 Å². The number of hydrogen-bond acceptors (Lipinski definition) is 3. The zero-order valence-electron chi connectivity index (χ0n) is 14.7. The van der Waals surface area contributed by atoms with Gasteiger partial charge in [-0.15, -0.1) is 0 Å². The van der Waals surface area contributed by atoms with Crippen LogP contribution < -0.4 is 0 Å². The number of aliphatic carboxylic acids is 1. The van der Waals surface area contributed by atoms with Gasteiger partial charge in [-0.25, -0.2) is 0 Å². The van der Waals surface area contributed by atoms with E-state index in [0.29, 0.717) is 11.4 Å². The molecule has 134 valence electrons. The first-order valence-electron chi connectivity index (χ1n) is 8.34. The Morgan fingerprint density at radius 3 is 2.60 bits per heavy atom. The maximum atomic E-state index is 10.7. The lowest BCUT2D eigenvalue weighted by molar-refractivity contribution is -0.141. The van der Waals surface area contributed by atoms with Crippen molar-refractivity contribution in [3.05, 3.63) is 59.4 Å². The highest BCUT2D eigenvalue weighted by Gasteiger charge is 2.09. The first kappa shape index (κ1) is 20.8. The van der Waals surface area contributed by atoms with Crippen LogP contribution in [0.3, 0.4) is 0 Å². The van der Waals surface area contributed by atoms with E-state index in [1.807, 2.05) is 43.3 Å². The minimum atomic E-state index is -0.736. The highest BCUT2D eigenvalue weighted by Crippen LogP contribution is 2.09. The SMILES string of the molecule is CC(CCCC(C)C(=O)O)=N/C=C/C/C=C/N=Cc1ccc(Cl)cc1. The number of allylic oxidation sites excluding steroid dienone is 2. The second-order valence-electron chi connectivity index (χ2n) is 5.83. The summed E-state index contributed by atoms with van der Waals surface area (Å²) in [5.41, 5.74) is 2.01. The van der Waals surface area contributed by atoms with Crippen LogP contribution in [0.2, 0.25) is 5.02 Å². The van der Waals surface area contributed by atoms with Crippen LogP contribution >= 0.6 is 11.6 Å². The Bertz CT molecular complexity index is 646. The molecule has 1 unspecified atom stereocenters. The van der Waals surface area contributed by atoms with E-state index in [-0.39, 0.29) is 5.92 Å². The molecule has 1 aromatic carbocycles. The third kappa shape index (κ3) is 10.3. The molecule has 0 fully saturated rings. The molecule has 0 aromatic heterocycles. The lowest BCUT2D eigenvalue weighted by Crippen LogP contribution is -2.09. The van der Waals surface area contributed by atoms with Crippen molar-refractivity contribution >= 4 is 29.5 Å². The van der Waals surface area contributed by atoms with Gasteiger partial charge in [0.05, 0.1) is 5.92 Å². The Morgan fingerprint density at radius 1 is 1.24 bits per heavy atom. The number of hydrogen-bond donors (Lipinski definition) is 1. The maximum absolute atomic E-state index is 10.7. The number of benzene rings is 1. The number of halogens is 1. The average Bonchev–Trinajstić information content (AvgIpc) is 2.58. The molecular weight excluding hydrogens is 336 g/mol. The molecule has 0 aliphatic rings. The minimum Gasteiger partial charge on any atom is -0.481 e. The molecule has 0 aliphatic carbocycles. The van der Waals surface area contributed by atoms with Crippen LogP contribution in [0.1, 0.15) is 45.1 Å². The quantitative estimate of drug-likeness (QED) is 0.557. The molecule has 25 heavy (non-hydrogen) atoms. The van der Waals surface area contributed by atoms with Crippen LogP contribution in [0.4, 0.5) is 0 Å². The van der Waals surface area contributed by atoms with Crippen LogP contribution in [0.25, 0.3) is 0 Å². The zero-order chi connectivity index (χ0) is 18.5. The van der Waals surface area contributed by atoms with Crippen molar-refractivity contribution in [2.24, 2.45) is 15.9 Å².